The zero-order chi connectivity index (χ0) is 15.5. The van der Waals surface area contributed by atoms with Crippen molar-refractivity contribution in [1.82, 2.24) is 15.5 Å². The van der Waals surface area contributed by atoms with Crippen LogP contribution in [-0.4, -0.2) is 43.0 Å². The van der Waals surface area contributed by atoms with Gasteiger partial charge in [0.1, 0.15) is 0 Å². The summed E-state index contributed by atoms with van der Waals surface area (Å²) in [7, 11) is 0. The van der Waals surface area contributed by atoms with Crippen molar-refractivity contribution in [3.05, 3.63) is 22.4 Å². The summed E-state index contributed by atoms with van der Waals surface area (Å²) in [6.45, 7) is 12.0. The van der Waals surface area contributed by atoms with E-state index >= 15 is 0 Å². The van der Waals surface area contributed by atoms with Gasteiger partial charge in [-0.25, -0.2) is 0 Å². The van der Waals surface area contributed by atoms with Crippen molar-refractivity contribution in [2.45, 2.75) is 39.8 Å². The third-order valence-electron chi connectivity index (χ3n) is 3.98. The molecule has 6 heteroatoms. The van der Waals surface area contributed by atoms with E-state index in [-0.39, 0.29) is 29.8 Å². The molecular weight excluding hydrogens is 318 g/mol. The Morgan fingerprint density at radius 3 is 2.82 bits per heavy atom. The Morgan fingerprint density at radius 2 is 2.27 bits per heavy atom. The molecule has 0 radical (unpaired) electrons. The third-order valence-corrected chi connectivity index (χ3v) is 4.92. The average molecular weight is 346 g/mol. The molecule has 2 heterocycles. The summed E-state index contributed by atoms with van der Waals surface area (Å²) in [5.41, 5.74) is 0.00951. The second-order valence-corrected chi connectivity index (χ2v) is 7.88. The number of hydrogen-bond acceptors (Lipinski definition) is 4. The molecule has 1 saturated heterocycles. The maximum absolute atomic E-state index is 12.4. The molecule has 0 bridgehead atoms. The zero-order valence-electron chi connectivity index (χ0n) is 13.9. The van der Waals surface area contributed by atoms with Gasteiger partial charge in [-0.3, -0.25) is 9.69 Å². The Hall–Kier alpha value is -0.620. The lowest BCUT2D eigenvalue weighted by Gasteiger charge is -2.35. The van der Waals surface area contributed by atoms with Gasteiger partial charge in [-0.15, -0.1) is 23.7 Å². The molecule has 1 unspecified atom stereocenters. The molecule has 22 heavy (non-hydrogen) atoms. The van der Waals surface area contributed by atoms with Crippen LogP contribution in [0.25, 0.3) is 0 Å². The van der Waals surface area contributed by atoms with Gasteiger partial charge >= 0.3 is 0 Å². The van der Waals surface area contributed by atoms with E-state index in [9.17, 15) is 4.79 Å². The summed E-state index contributed by atoms with van der Waals surface area (Å²) in [6.07, 6.45) is 0. The molecule has 0 spiro atoms. The lowest BCUT2D eigenvalue weighted by atomic mass is 9.85. The molecule has 2 rings (SSSR count). The second kappa shape index (κ2) is 8.29. The highest BCUT2D eigenvalue weighted by atomic mass is 35.5. The number of amides is 1. The fraction of sp³-hybridized carbons (Fsp3) is 0.688. The van der Waals surface area contributed by atoms with Crippen LogP contribution in [0.2, 0.25) is 0 Å². The van der Waals surface area contributed by atoms with E-state index in [0.717, 1.165) is 19.6 Å². The van der Waals surface area contributed by atoms with Crippen molar-refractivity contribution in [3.8, 4) is 0 Å². The first-order valence-corrected chi connectivity index (χ1v) is 8.53. The van der Waals surface area contributed by atoms with Crippen molar-refractivity contribution in [3.63, 3.8) is 0 Å². The molecule has 1 fully saturated rings. The van der Waals surface area contributed by atoms with Gasteiger partial charge in [0.25, 0.3) is 0 Å². The monoisotopic (exact) mass is 345 g/mol. The van der Waals surface area contributed by atoms with Gasteiger partial charge in [0.2, 0.25) is 5.91 Å². The molecule has 1 aromatic rings. The maximum atomic E-state index is 12.4. The zero-order valence-corrected chi connectivity index (χ0v) is 15.5. The van der Waals surface area contributed by atoms with E-state index in [0.29, 0.717) is 12.6 Å². The van der Waals surface area contributed by atoms with Gasteiger partial charge in [-0.1, -0.05) is 26.8 Å². The standard InChI is InChI=1S/C16H27N3OS.ClH/c1-12-10-17-7-8-19(12)11-14(20)18-15(16(2,3)4)13-6-5-9-21-13;/h5-6,9,12,15,17H,7-8,10-11H2,1-4H3,(H,18,20);1H/t12-,15?;/m0./s1. The lowest BCUT2D eigenvalue weighted by Crippen LogP contribution is -2.53. The van der Waals surface area contributed by atoms with E-state index in [2.05, 4.69) is 54.7 Å². The van der Waals surface area contributed by atoms with Gasteiger partial charge < -0.3 is 10.6 Å². The van der Waals surface area contributed by atoms with Crippen LogP contribution in [0.15, 0.2) is 17.5 Å². The number of hydrogen-bond donors (Lipinski definition) is 2. The van der Waals surface area contributed by atoms with Gasteiger partial charge in [-0.2, -0.15) is 0 Å². The number of carbonyl (C=O) groups excluding carboxylic acids is 1. The summed E-state index contributed by atoms with van der Waals surface area (Å²) in [5, 5.41) is 8.66. The molecule has 1 aliphatic rings. The van der Waals surface area contributed by atoms with Crippen LogP contribution in [0.5, 0.6) is 0 Å². The maximum Gasteiger partial charge on any atom is 0.234 e. The summed E-state index contributed by atoms with van der Waals surface area (Å²) >= 11 is 1.71. The van der Waals surface area contributed by atoms with Gasteiger partial charge in [0.05, 0.1) is 12.6 Å². The van der Waals surface area contributed by atoms with E-state index in [1.54, 1.807) is 11.3 Å². The predicted octanol–water partition coefficient (Wildman–Crippen LogP) is 2.67. The van der Waals surface area contributed by atoms with E-state index in [1.165, 1.54) is 4.88 Å². The van der Waals surface area contributed by atoms with Crippen LogP contribution in [0.4, 0.5) is 0 Å². The molecule has 1 amide bonds. The topological polar surface area (TPSA) is 44.4 Å². The van der Waals surface area contributed by atoms with Crippen molar-refractivity contribution in [1.29, 1.82) is 0 Å². The Balaban J connectivity index is 0.00000242. The largest absolute Gasteiger partial charge is 0.347 e. The third kappa shape index (κ3) is 5.23. The van der Waals surface area contributed by atoms with Crippen molar-refractivity contribution in [2.24, 2.45) is 5.41 Å². The quantitative estimate of drug-likeness (QED) is 0.881. The number of nitrogens with zero attached hydrogens (tertiary/aromatic N) is 1. The molecule has 126 valence electrons. The van der Waals surface area contributed by atoms with Gasteiger partial charge in [0.15, 0.2) is 0 Å². The number of thiophene rings is 1. The number of rotatable bonds is 4. The summed E-state index contributed by atoms with van der Waals surface area (Å²) in [4.78, 5) is 15.9. The Labute approximate surface area is 144 Å². The first kappa shape index (κ1) is 19.4. The van der Waals surface area contributed by atoms with Crippen molar-refractivity contribution < 1.29 is 4.79 Å². The molecule has 4 nitrogen and oxygen atoms in total. The minimum Gasteiger partial charge on any atom is -0.347 e. The minimum atomic E-state index is 0. The summed E-state index contributed by atoms with van der Waals surface area (Å²) < 4.78 is 0. The molecule has 0 aromatic carbocycles. The molecule has 2 atom stereocenters. The fourth-order valence-electron chi connectivity index (χ4n) is 2.68. The van der Waals surface area contributed by atoms with Gasteiger partial charge in [-0.05, 0) is 23.8 Å². The Morgan fingerprint density at radius 1 is 1.55 bits per heavy atom. The number of nitrogens with one attached hydrogen (secondary N) is 2. The number of halogens is 1. The highest BCUT2D eigenvalue weighted by molar-refractivity contribution is 7.10. The van der Waals surface area contributed by atoms with E-state index in [1.807, 2.05) is 6.07 Å². The molecule has 2 N–H and O–H groups in total. The number of piperazine rings is 1. The Bertz CT molecular complexity index is 458. The fourth-order valence-corrected chi connectivity index (χ4v) is 3.70. The smallest absolute Gasteiger partial charge is 0.234 e. The Kier molecular flexibility index (Phi) is 7.32. The highest BCUT2D eigenvalue weighted by Crippen LogP contribution is 2.35. The SMILES string of the molecule is C[C@H]1CNCCN1CC(=O)NC(c1cccs1)C(C)(C)C.Cl. The second-order valence-electron chi connectivity index (χ2n) is 6.91. The van der Waals surface area contributed by atoms with E-state index in [4.69, 9.17) is 0 Å². The van der Waals surface area contributed by atoms with Crippen molar-refractivity contribution >= 4 is 29.7 Å². The van der Waals surface area contributed by atoms with Gasteiger partial charge in [0, 0.05) is 30.6 Å². The van der Waals surface area contributed by atoms with Crippen LogP contribution in [0.3, 0.4) is 0 Å². The number of carbonyl (C=O) groups is 1. The molecule has 1 aliphatic heterocycles. The van der Waals surface area contributed by atoms with Crippen LogP contribution < -0.4 is 10.6 Å². The van der Waals surface area contributed by atoms with Crippen LogP contribution in [0.1, 0.15) is 38.6 Å². The van der Waals surface area contributed by atoms with Crippen LogP contribution >= 0.6 is 23.7 Å². The normalized spacial score (nSPS) is 21.0. The minimum absolute atomic E-state index is 0. The average Bonchev–Trinajstić information content (AvgIpc) is 2.91. The summed E-state index contributed by atoms with van der Waals surface area (Å²) in [6, 6.07) is 4.64. The molecule has 0 aliphatic carbocycles. The first-order valence-electron chi connectivity index (χ1n) is 7.65. The summed E-state index contributed by atoms with van der Waals surface area (Å²) in [5.74, 6) is 0.122. The highest BCUT2D eigenvalue weighted by Gasteiger charge is 2.29. The molecule has 1 aromatic heterocycles. The van der Waals surface area contributed by atoms with Crippen LogP contribution in [0, 0.1) is 5.41 Å². The van der Waals surface area contributed by atoms with E-state index < -0.39 is 0 Å². The van der Waals surface area contributed by atoms with Crippen LogP contribution in [-0.2, 0) is 4.79 Å². The van der Waals surface area contributed by atoms with Crippen molar-refractivity contribution in [2.75, 3.05) is 26.2 Å². The molecular formula is C16H28ClN3OS. The first-order chi connectivity index (χ1) is 9.88. The lowest BCUT2D eigenvalue weighted by molar-refractivity contribution is -0.124. The molecule has 0 saturated carbocycles. The predicted molar refractivity (Wildman–Crippen MR) is 95.8 cm³/mol.